The van der Waals surface area contributed by atoms with Crippen LogP contribution >= 0.6 is 0 Å². The van der Waals surface area contributed by atoms with Gasteiger partial charge in [0.05, 0.1) is 11.5 Å². The molecule has 1 rings (SSSR count). The second-order valence-corrected chi connectivity index (χ2v) is 4.17. The van der Waals surface area contributed by atoms with E-state index in [1.165, 1.54) is 18.2 Å². The second kappa shape index (κ2) is 7.41. The minimum atomic E-state index is -0.602. The summed E-state index contributed by atoms with van der Waals surface area (Å²) in [5.74, 6) is 4.78. The number of hydrogen-bond donors (Lipinski definition) is 3. The topological polar surface area (TPSA) is 120 Å². The number of benzene rings is 1. The van der Waals surface area contributed by atoms with Crippen LogP contribution in [0.15, 0.2) is 18.2 Å². The van der Waals surface area contributed by atoms with Crippen molar-refractivity contribution in [1.29, 1.82) is 0 Å². The zero-order chi connectivity index (χ0) is 15.1. The first-order valence-electron chi connectivity index (χ1n) is 6.13. The first kappa shape index (κ1) is 15.9. The molecule has 0 spiro atoms. The lowest BCUT2D eigenvalue weighted by molar-refractivity contribution is -0.384. The van der Waals surface area contributed by atoms with Gasteiger partial charge in [-0.25, -0.2) is 0 Å². The lowest BCUT2D eigenvalue weighted by Gasteiger charge is -2.13. The van der Waals surface area contributed by atoms with Gasteiger partial charge in [0, 0.05) is 24.3 Å². The maximum atomic E-state index is 12.0. The van der Waals surface area contributed by atoms with E-state index >= 15 is 0 Å². The van der Waals surface area contributed by atoms with Gasteiger partial charge in [0.2, 0.25) is 0 Å². The summed E-state index contributed by atoms with van der Waals surface area (Å²) in [5.41, 5.74) is 2.31. The van der Waals surface area contributed by atoms with Crippen LogP contribution in [0.1, 0.15) is 24.2 Å². The van der Waals surface area contributed by atoms with Crippen LogP contribution in [-0.4, -0.2) is 30.1 Å². The molecule has 0 fully saturated rings. The van der Waals surface area contributed by atoms with Crippen molar-refractivity contribution >= 4 is 17.3 Å². The number of carbonyl (C=O) groups excluding carboxylic acids is 1. The molecule has 0 aliphatic carbocycles. The van der Waals surface area contributed by atoms with E-state index in [2.05, 4.69) is 10.7 Å². The molecule has 1 amide bonds. The number of amides is 1. The molecule has 1 atom stereocenters. The highest BCUT2D eigenvalue weighted by atomic mass is 16.6. The number of nitrogen functional groups attached to an aromatic ring is 1. The molecular weight excluding hydrogens is 264 g/mol. The molecule has 1 unspecified atom stereocenters. The van der Waals surface area contributed by atoms with E-state index in [0.717, 1.165) is 0 Å². The largest absolute Gasteiger partial charge is 0.380 e. The van der Waals surface area contributed by atoms with E-state index in [1.807, 2.05) is 6.92 Å². The second-order valence-electron chi connectivity index (χ2n) is 4.17. The van der Waals surface area contributed by atoms with Gasteiger partial charge < -0.3 is 15.5 Å². The average molecular weight is 282 g/mol. The number of hydrazine groups is 1. The van der Waals surface area contributed by atoms with Crippen LogP contribution in [0.4, 0.5) is 11.4 Å². The number of nitro groups is 1. The highest BCUT2D eigenvalue weighted by Crippen LogP contribution is 2.24. The fourth-order valence-electron chi connectivity index (χ4n) is 1.59. The standard InChI is InChI=1S/C12H18N4O4/c1-3-20-7-8(2)14-12(17)9-4-5-10(15-13)11(6-9)16(18)19/h4-6,8,15H,3,7,13H2,1-2H3,(H,14,17). The number of rotatable bonds is 7. The minimum Gasteiger partial charge on any atom is -0.380 e. The van der Waals surface area contributed by atoms with Crippen molar-refractivity contribution in [1.82, 2.24) is 5.32 Å². The van der Waals surface area contributed by atoms with Gasteiger partial charge in [-0.05, 0) is 26.0 Å². The molecule has 0 heterocycles. The number of nitro benzene ring substituents is 1. The van der Waals surface area contributed by atoms with Crippen LogP contribution in [0.25, 0.3) is 0 Å². The van der Waals surface area contributed by atoms with Gasteiger partial charge in [-0.15, -0.1) is 0 Å². The summed E-state index contributed by atoms with van der Waals surface area (Å²) >= 11 is 0. The Balaban J connectivity index is 2.83. The number of carbonyl (C=O) groups is 1. The zero-order valence-electron chi connectivity index (χ0n) is 11.4. The molecule has 0 aliphatic rings. The summed E-state index contributed by atoms with van der Waals surface area (Å²) < 4.78 is 5.18. The van der Waals surface area contributed by atoms with Crippen LogP contribution in [-0.2, 0) is 4.74 Å². The number of ether oxygens (including phenoxy) is 1. The summed E-state index contributed by atoms with van der Waals surface area (Å²) in [4.78, 5) is 22.2. The molecule has 0 aliphatic heterocycles. The Morgan fingerprint density at radius 2 is 2.25 bits per heavy atom. The summed E-state index contributed by atoms with van der Waals surface area (Å²) in [6.07, 6.45) is 0. The third kappa shape index (κ3) is 4.18. The smallest absolute Gasteiger partial charge is 0.294 e. The predicted molar refractivity (Wildman–Crippen MR) is 74.3 cm³/mol. The van der Waals surface area contributed by atoms with Crippen LogP contribution in [0.2, 0.25) is 0 Å². The number of nitrogens with zero attached hydrogens (tertiary/aromatic N) is 1. The van der Waals surface area contributed by atoms with Gasteiger partial charge in [0.15, 0.2) is 0 Å². The molecule has 0 saturated heterocycles. The molecule has 1 aromatic carbocycles. The van der Waals surface area contributed by atoms with Gasteiger partial charge in [-0.1, -0.05) is 0 Å². The average Bonchev–Trinajstić information content (AvgIpc) is 2.44. The van der Waals surface area contributed by atoms with Crippen LogP contribution in [0.3, 0.4) is 0 Å². The molecule has 0 saturated carbocycles. The Kier molecular flexibility index (Phi) is 5.88. The maximum Gasteiger partial charge on any atom is 0.294 e. The van der Waals surface area contributed by atoms with Gasteiger partial charge in [-0.3, -0.25) is 20.8 Å². The van der Waals surface area contributed by atoms with Crippen molar-refractivity contribution in [3.8, 4) is 0 Å². The number of nitrogens with one attached hydrogen (secondary N) is 2. The fraction of sp³-hybridized carbons (Fsp3) is 0.417. The highest BCUT2D eigenvalue weighted by molar-refractivity contribution is 5.95. The molecule has 0 aromatic heterocycles. The third-order valence-corrected chi connectivity index (χ3v) is 2.56. The van der Waals surface area contributed by atoms with Gasteiger partial charge in [0.1, 0.15) is 5.69 Å². The number of nitrogens with two attached hydrogens (primary N) is 1. The van der Waals surface area contributed by atoms with E-state index < -0.39 is 10.8 Å². The van der Waals surface area contributed by atoms with Gasteiger partial charge >= 0.3 is 0 Å². The van der Waals surface area contributed by atoms with E-state index in [1.54, 1.807) is 6.92 Å². The molecule has 0 radical (unpaired) electrons. The molecule has 1 aromatic rings. The molecule has 110 valence electrons. The quantitative estimate of drug-likeness (QED) is 0.390. The number of hydrogen-bond acceptors (Lipinski definition) is 6. The lowest BCUT2D eigenvalue weighted by Crippen LogP contribution is -2.35. The third-order valence-electron chi connectivity index (χ3n) is 2.56. The van der Waals surface area contributed by atoms with Crippen molar-refractivity contribution in [2.45, 2.75) is 19.9 Å². The van der Waals surface area contributed by atoms with Crippen LogP contribution in [0.5, 0.6) is 0 Å². The van der Waals surface area contributed by atoms with Crippen molar-refractivity contribution in [3.63, 3.8) is 0 Å². The van der Waals surface area contributed by atoms with Gasteiger partial charge in [0.25, 0.3) is 11.6 Å². The Morgan fingerprint density at radius 1 is 1.55 bits per heavy atom. The van der Waals surface area contributed by atoms with Crippen LogP contribution < -0.4 is 16.6 Å². The lowest BCUT2D eigenvalue weighted by atomic mass is 10.1. The minimum absolute atomic E-state index is 0.147. The number of anilines is 1. The van der Waals surface area contributed by atoms with E-state index in [4.69, 9.17) is 10.6 Å². The predicted octanol–water partition coefficient (Wildman–Crippen LogP) is 1.04. The SMILES string of the molecule is CCOCC(C)NC(=O)c1ccc(NN)c([N+](=O)[O-])c1. The summed E-state index contributed by atoms with van der Waals surface area (Å²) in [7, 11) is 0. The van der Waals surface area contributed by atoms with Crippen molar-refractivity contribution < 1.29 is 14.5 Å². The summed E-state index contributed by atoms with van der Waals surface area (Å²) in [5, 5.41) is 13.6. The maximum absolute atomic E-state index is 12.0. The summed E-state index contributed by atoms with van der Waals surface area (Å²) in [6.45, 7) is 4.59. The zero-order valence-corrected chi connectivity index (χ0v) is 11.4. The molecule has 8 heteroatoms. The molecular formula is C12H18N4O4. The van der Waals surface area contributed by atoms with Crippen LogP contribution in [0, 0.1) is 10.1 Å². The normalized spacial score (nSPS) is 11.8. The van der Waals surface area contributed by atoms with Gasteiger partial charge in [-0.2, -0.15) is 0 Å². The monoisotopic (exact) mass is 282 g/mol. The molecule has 0 bridgehead atoms. The van der Waals surface area contributed by atoms with Crippen molar-refractivity contribution in [3.05, 3.63) is 33.9 Å². The van der Waals surface area contributed by atoms with E-state index in [9.17, 15) is 14.9 Å². The van der Waals surface area contributed by atoms with Crippen molar-refractivity contribution in [2.24, 2.45) is 5.84 Å². The Labute approximate surface area is 116 Å². The molecule has 4 N–H and O–H groups in total. The first-order valence-corrected chi connectivity index (χ1v) is 6.13. The first-order chi connectivity index (χ1) is 9.49. The Bertz CT molecular complexity index is 492. The van der Waals surface area contributed by atoms with E-state index in [0.29, 0.717) is 13.2 Å². The fourth-order valence-corrected chi connectivity index (χ4v) is 1.59. The molecule has 8 nitrogen and oxygen atoms in total. The van der Waals surface area contributed by atoms with E-state index in [-0.39, 0.29) is 23.0 Å². The Hall–Kier alpha value is -2.19. The highest BCUT2D eigenvalue weighted by Gasteiger charge is 2.17. The summed E-state index contributed by atoms with van der Waals surface area (Å²) in [6, 6.07) is 3.84. The Morgan fingerprint density at radius 3 is 2.80 bits per heavy atom. The van der Waals surface area contributed by atoms with Crippen molar-refractivity contribution in [2.75, 3.05) is 18.6 Å². The molecule has 20 heavy (non-hydrogen) atoms.